The molecule has 0 aromatic heterocycles. The first-order chi connectivity index (χ1) is 19.5. The summed E-state index contributed by atoms with van der Waals surface area (Å²) >= 11 is 6.42. The Balaban J connectivity index is 1.51. The summed E-state index contributed by atoms with van der Waals surface area (Å²) in [4.78, 5) is 24.8. The largest absolute Gasteiger partial charge is 0.488 e. The molecule has 0 aliphatic rings. The van der Waals surface area contributed by atoms with Gasteiger partial charge in [-0.25, -0.2) is 4.79 Å². The van der Waals surface area contributed by atoms with Gasteiger partial charge in [-0.1, -0.05) is 96.5 Å². The number of anilines is 1. The molecule has 0 unspecified atom stereocenters. The Kier molecular flexibility index (Phi) is 8.24. The number of hydrogen-bond acceptors (Lipinski definition) is 3. The molecule has 1 amide bonds. The van der Waals surface area contributed by atoms with E-state index < -0.39 is 5.97 Å². The van der Waals surface area contributed by atoms with E-state index in [1.54, 1.807) is 18.2 Å². The van der Waals surface area contributed by atoms with E-state index in [0.717, 1.165) is 27.8 Å². The lowest BCUT2D eigenvalue weighted by Crippen LogP contribution is -2.15. The predicted molar refractivity (Wildman–Crippen MR) is 159 cm³/mol. The van der Waals surface area contributed by atoms with Crippen LogP contribution in [0.1, 0.15) is 21.5 Å². The Morgan fingerprint density at radius 3 is 2.05 bits per heavy atom. The lowest BCUT2D eigenvalue weighted by molar-refractivity contribution is -0.115. The fourth-order valence-corrected chi connectivity index (χ4v) is 4.68. The highest BCUT2D eigenvalue weighted by molar-refractivity contribution is 6.31. The Labute approximate surface area is 237 Å². The minimum atomic E-state index is -1.09. The van der Waals surface area contributed by atoms with E-state index in [1.165, 1.54) is 6.07 Å². The zero-order valence-electron chi connectivity index (χ0n) is 21.5. The second kappa shape index (κ2) is 12.3. The van der Waals surface area contributed by atoms with Crippen molar-refractivity contribution in [3.8, 4) is 28.0 Å². The highest BCUT2D eigenvalue weighted by Crippen LogP contribution is 2.40. The molecule has 40 heavy (non-hydrogen) atoms. The molecule has 5 rings (SSSR count). The van der Waals surface area contributed by atoms with Gasteiger partial charge in [-0.15, -0.1) is 0 Å². The number of carboxylic acid groups (broad SMARTS) is 1. The zero-order valence-corrected chi connectivity index (χ0v) is 22.3. The Morgan fingerprint density at radius 1 is 0.700 bits per heavy atom. The van der Waals surface area contributed by atoms with Gasteiger partial charge in [0.2, 0.25) is 5.91 Å². The van der Waals surface area contributed by atoms with Gasteiger partial charge in [0.15, 0.2) is 0 Å². The summed E-state index contributed by atoms with van der Waals surface area (Å²) in [6, 6.07) is 37.2. The SMILES string of the molecule is O=C(Cc1ccccc1)Nc1cc(C(=O)O)cc(-c2ccccc2-c2cc(Cl)ccc2OCc2ccccc2)c1. The number of nitrogens with one attached hydrogen (secondary N) is 1. The number of aromatic carboxylic acids is 1. The van der Waals surface area contributed by atoms with Crippen LogP contribution in [-0.4, -0.2) is 17.0 Å². The fraction of sp³-hybridized carbons (Fsp3) is 0.0588. The number of halogens is 1. The van der Waals surface area contributed by atoms with Crippen LogP contribution < -0.4 is 10.1 Å². The molecule has 5 aromatic rings. The van der Waals surface area contributed by atoms with E-state index >= 15 is 0 Å². The summed E-state index contributed by atoms with van der Waals surface area (Å²) in [5.41, 5.74) is 5.36. The van der Waals surface area contributed by atoms with E-state index in [4.69, 9.17) is 16.3 Å². The third-order valence-corrected chi connectivity index (χ3v) is 6.61. The molecule has 0 aliphatic heterocycles. The number of carboxylic acids is 1. The molecular weight excluding hydrogens is 522 g/mol. The van der Waals surface area contributed by atoms with Crippen molar-refractivity contribution in [1.29, 1.82) is 0 Å². The average molecular weight is 548 g/mol. The van der Waals surface area contributed by atoms with E-state index in [-0.39, 0.29) is 17.9 Å². The van der Waals surface area contributed by atoms with Crippen LogP contribution >= 0.6 is 11.6 Å². The molecule has 0 saturated heterocycles. The van der Waals surface area contributed by atoms with Crippen molar-refractivity contribution in [3.63, 3.8) is 0 Å². The van der Waals surface area contributed by atoms with Crippen LogP contribution in [0.5, 0.6) is 5.75 Å². The number of carbonyl (C=O) groups excluding carboxylic acids is 1. The number of carbonyl (C=O) groups is 2. The van der Waals surface area contributed by atoms with Gasteiger partial charge in [0.25, 0.3) is 0 Å². The van der Waals surface area contributed by atoms with Gasteiger partial charge >= 0.3 is 5.97 Å². The minimum Gasteiger partial charge on any atom is -0.488 e. The van der Waals surface area contributed by atoms with Crippen molar-refractivity contribution in [2.45, 2.75) is 13.0 Å². The number of hydrogen-bond donors (Lipinski definition) is 2. The van der Waals surface area contributed by atoms with Crippen LogP contribution in [-0.2, 0) is 17.8 Å². The normalized spacial score (nSPS) is 10.6. The lowest BCUT2D eigenvalue weighted by Gasteiger charge is -2.17. The van der Waals surface area contributed by atoms with Gasteiger partial charge in [0.05, 0.1) is 12.0 Å². The molecule has 0 aliphatic carbocycles. The molecule has 0 fully saturated rings. The van der Waals surface area contributed by atoms with E-state index in [9.17, 15) is 14.7 Å². The zero-order chi connectivity index (χ0) is 27.9. The average Bonchev–Trinajstić information content (AvgIpc) is 2.97. The summed E-state index contributed by atoms with van der Waals surface area (Å²) in [6.07, 6.45) is 0.175. The molecule has 5 nitrogen and oxygen atoms in total. The highest BCUT2D eigenvalue weighted by atomic mass is 35.5. The molecule has 198 valence electrons. The summed E-state index contributed by atoms with van der Waals surface area (Å²) in [5.74, 6) is -0.682. The third-order valence-electron chi connectivity index (χ3n) is 6.38. The monoisotopic (exact) mass is 547 g/mol. The Hall–Kier alpha value is -4.87. The van der Waals surface area contributed by atoms with E-state index in [2.05, 4.69) is 5.32 Å². The van der Waals surface area contributed by atoms with E-state index in [1.807, 2.05) is 97.1 Å². The second-order valence-electron chi connectivity index (χ2n) is 9.28. The number of rotatable bonds is 9. The quantitative estimate of drug-likeness (QED) is 0.195. The summed E-state index contributed by atoms with van der Waals surface area (Å²) in [6.45, 7) is 0.379. The topological polar surface area (TPSA) is 75.6 Å². The van der Waals surface area contributed by atoms with Gasteiger partial charge < -0.3 is 15.2 Å². The van der Waals surface area contributed by atoms with Crippen molar-refractivity contribution < 1.29 is 19.4 Å². The molecule has 0 bridgehead atoms. The maximum atomic E-state index is 12.8. The third kappa shape index (κ3) is 6.57. The van der Waals surface area contributed by atoms with Crippen LogP contribution in [0.15, 0.2) is 121 Å². The van der Waals surface area contributed by atoms with Crippen LogP contribution in [0.3, 0.4) is 0 Å². The number of amides is 1. The van der Waals surface area contributed by atoms with Gasteiger partial charge in [0, 0.05) is 16.3 Å². The minimum absolute atomic E-state index is 0.0639. The molecule has 0 heterocycles. The van der Waals surface area contributed by atoms with Crippen molar-refractivity contribution in [1.82, 2.24) is 0 Å². The van der Waals surface area contributed by atoms with Crippen molar-refractivity contribution in [2.75, 3.05) is 5.32 Å². The molecule has 0 spiro atoms. The predicted octanol–water partition coefficient (Wildman–Crippen LogP) is 8.13. The summed E-state index contributed by atoms with van der Waals surface area (Å²) in [7, 11) is 0. The summed E-state index contributed by atoms with van der Waals surface area (Å²) in [5, 5.41) is 13.3. The van der Waals surface area contributed by atoms with Gasteiger partial charge in [-0.3, -0.25) is 4.79 Å². The highest BCUT2D eigenvalue weighted by Gasteiger charge is 2.16. The van der Waals surface area contributed by atoms with E-state index in [0.29, 0.717) is 28.6 Å². The smallest absolute Gasteiger partial charge is 0.335 e. The molecule has 0 saturated carbocycles. The molecular formula is C34H26ClNO4. The lowest BCUT2D eigenvalue weighted by atomic mass is 9.92. The second-order valence-corrected chi connectivity index (χ2v) is 9.71. The number of ether oxygens (including phenoxy) is 1. The van der Waals surface area contributed by atoms with Crippen LogP contribution in [0.4, 0.5) is 5.69 Å². The molecule has 6 heteroatoms. The Morgan fingerprint density at radius 2 is 1.35 bits per heavy atom. The number of benzene rings is 5. The maximum absolute atomic E-state index is 12.8. The first-order valence-corrected chi connectivity index (χ1v) is 13.1. The van der Waals surface area contributed by atoms with Gasteiger partial charge in [-0.2, -0.15) is 0 Å². The van der Waals surface area contributed by atoms with Crippen molar-refractivity contribution in [3.05, 3.63) is 143 Å². The summed E-state index contributed by atoms with van der Waals surface area (Å²) < 4.78 is 6.21. The fourth-order valence-electron chi connectivity index (χ4n) is 4.51. The van der Waals surface area contributed by atoms with Gasteiger partial charge in [0.1, 0.15) is 12.4 Å². The molecule has 0 radical (unpaired) electrons. The van der Waals surface area contributed by atoms with Crippen LogP contribution in [0.25, 0.3) is 22.3 Å². The molecule has 2 N–H and O–H groups in total. The standard InChI is InChI=1S/C34H26ClNO4/c35-27-15-16-32(40-22-24-11-5-2-6-12-24)31(21-27)30-14-8-7-13-29(30)25-18-26(34(38)39)20-28(19-25)36-33(37)17-23-9-3-1-4-10-23/h1-16,18-21H,17,22H2,(H,36,37)(H,38,39). The molecule has 0 atom stereocenters. The first kappa shape index (κ1) is 26.7. The molecule has 5 aromatic carbocycles. The van der Waals surface area contributed by atoms with Crippen LogP contribution in [0.2, 0.25) is 5.02 Å². The maximum Gasteiger partial charge on any atom is 0.335 e. The van der Waals surface area contributed by atoms with Crippen LogP contribution in [0, 0.1) is 0 Å². The van der Waals surface area contributed by atoms with Crippen molar-refractivity contribution in [2.24, 2.45) is 0 Å². The van der Waals surface area contributed by atoms with Crippen molar-refractivity contribution >= 4 is 29.2 Å². The Bertz CT molecular complexity index is 1650. The van der Waals surface area contributed by atoms with Gasteiger partial charge in [-0.05, 0) is 64.2 Å². The first-order valence-electron chi connectivity index (χ1n) is 12.7.